The van der Waals surface area contributed by atoms with Gasteiger partial charge >= 0.3 is 0 Å². The van der Waals surface area contributed by atoms with Crippen LogP contribution >= 0.6 is 11.6 Å². The molecule has 1 aromatic heterocycles. The second-order valence-electron chi connectivity index (χ2n) is 6.37. The molecule has 3 aromatic carbocycles. The molecule has 4 aromatic rings. The highest BCUT2D eigenvalue weighted by molar-refractivity contribution is 6.32. The number of benzene rings is 3. The van der Waals surface area contributed by atoms with Crippen LogP contribution in [0.3, 0.4) is 0 Å². The summed E-state index contributed by atoms with van der Waals surface area (Å²) >= 11 is 5.83. The molecule has 144 valence electrons. The number of phenolic OH excluding ortho intramolecular Hbond substituents is 1. The molecule has 0 aliphatic carbocycles. The van der Waals surface area contributed by atoms with Crippen LogP contribution in [0.25, 0.3) is 22.6 Å². The molecule has 0 unspecified atom stereocenters. The zero-order valence-corrected chi connectivity index (χ0v) is 15.9. The van der Waals surface area contributed by atoms with E-state index in [1.807, 2.05) is 25.1 Å². The van der Waals surface area contributed by atoms with Crippen LogP contribution in [-0.2, 0) is 0 Å². The summed E-state index contributed by atoms with van der Waals surface area (Å²) in [5.41, 5.74) is 3.57. The van der Waals surface area contributed by atoms with E-state index in [0.717, 1.165) is 11.1 Å². The van der Waals surface area contributed by atoms with Gasteiger partial charge in [-0.15, -0.1) is 0 Å². The fourth-order valence-corrected chi connectivity index (χ4v) is 3.06. The van der Waals surface area contributed by atoms with Crippen LogP contribution < -0.4 is 0 Å². The minimum absolute atomic E-state index is 0.00953. The summed E-state index contributed by atoms with van der Waals surface area (Å²) in [7, 11) is 0. The molecule has 0 aliphatic heterocycles. The number of nitro benzene ring substituents is 1. The number of aliphatic imine (C=N–C) groups is 1. The molecule has 4 rings (SSSR count). The Bertz CT molecular complexity index is 1280. The van der Waals surface area contributed by atoms with Crippen LogP contribution in [0.2, 0.25) is 5.02 Å². The van der Waals surface area contributed by atoms with Crippen LogP contribution in [0, 0.1) is 17.0 Å². The van der Waals surface area contributed by atoms with E-state index in [9.17, 15) is 15.2 Å². The minimum Gasteiger partial charge on any atom is -0.507 e. The number of aromatic nitrogens is 1. The number of nitro groups is 1. The molecule has 0 fully saturated rings. The number of rotatable bonds is 4. The molecule has 1 N–H and O–H groups in total. The summed E-state index contributed by atoms with van der Waals surface area (Å²) in [6.45, 7) is 1.93. The van der Waals surface area contributed by atoms with Gasteiger partial charge in [0.1, 0.15) is 16.3 Å². The van der Waals surface area contributed by atoms with E-state index in [0.29, 0.717) is 22.4 Å². The number of phenols is 1. The highest BCUT2D eigenvalue weighted by Gasteiger charge is 2.14. The summed E-state index contributed by atoms with van der Waals surface area (Å²) in [4.78, 5) is 19.3. The number of hydrogen-bond acceptors (Lipinski definition) is 6. The maximum Gasteiger partial charge on any atom is 0.288 e. The van der Waals surface area contributed by atoms with Crippen molar-refractivity contribution in [1.29, 1.82) is 0 Å². The molecule has 0 bridgehead atoms. The van der Waals surface area contributed by atoms with Gasteiger partial charge in [0.05, 0.1) is 16.2 Å². The lowest BCUT2D eigenvalue weighted by Crippen LogP contribution is -1.91. The SMILES string of the molecule is Cc1cccc2oc(-c3cc(N=Cc4ccc(Cl)c([N+](=O)[O-])c4)ccc3O)nc12. The van der Waals surface area contributed by atoms with Crippen molar-refractivity contribution >= 4 is 40.3 Å². The van der Waals surface area contributed by atoms with Gasteiger partial charge in [-0.25, -0.2) is 4.98 Å². The number of para-hydroxylation sites is 1. The predicted molar refractivity (Wildman–Crippen MR) is 111 cm³/mol. The number of halogens is 1. The number of hydrogen-bond donors (Lipinski definition) is 1. The average molecular weight is 408 g/mol. The van der Waals surface area contributed by atoms with Crippen molar-refractivity contribution < 1.29 is 14.4 Å². The largest absolute Gasteiger partial charge is 0.507 e. The van der Waals surface area contributed by atoms with Crippen molar-refractivity contribution in [2.45, 2.75) is 6.92 Å². The lowest BCUT2D eigenvalue weighted by atomic mass is 10.1. The Hall–Kier alpha value is -3.71. The Labute approximate surface area is 170 Å². The molecule has 8 heteroatoms. The Morgan fingerprint density at radius 1 is 1.21 bits per heavy atom. The molecule has 0 radical (unpaired) electrons. The molecule has 0 atom stereocenters. The summed E-state index contributed by atoms with van der Waals surface area (Å²) in [5.74, 6) is 0.293. The first-order valence-corrected chi connectivity index (χ1v) is 8.98. The van der Waals surface area contributed by atoms with Crippen LogP contribution in [-0.4, -0.2) is 21.2 Å². The van der Waals surface area contributed by atoms with E-state index in [2.05, 4.69) is 9.98 Å². The standard InChI is InChI=1S/C21H14ClN3O4/c1-12-3-2-4-19-20(12)24-21(29-19)15-10-14(6-8-18(15)26)23-11-13-5-7-16(22)17(9-13)25(27)28/h2-11,26H,1H3. The third-order valence-corrected chi connectivity index (χ3v) is 4.68. The molecule has 0 amide bonds. The fourth-order valence-electron chi connectivity index (χ4n) is 2.88. The van der Waals surface area contributed by atoms with E-state index in [4.69, 9.17) is 16.0 Å². The van der Waals surface area contributed by atoms with Gasteiger partial charge in [0.2, 0.25) is 5.89 Å². The Kier molecular flexibility index (Phi) is 4.74. The van der Waals surface area contributed by atoms with Gasteiger partial charge in [0, 0.05) is 12.3 Å². The van der Waals surface area contributed by atoms with Gasteiger partial charge in [-0.3, -0.25) is 15.1 Å². The lowest BCUT2D eigenvalue weighted by Gasteiger charge is -2.02. The molecular weight excluding hydrogens is 394 g/mol. The zero-order valence-electron chi connectivity index (χ0n) is 15.2. The summed E-state index contributed by atoms with van der Waals surface area (Å²) < 4.78 is 5.78. The van der Waals surface area contributed by atoms with Crippen molar-refractivity contribution in [2.75, 3.05) is 0 Å². The predicted octanol–water partition coefficient (Wildman–Crippen LogP) is 5.82. The first kappa shape index (κ1) is 18.6. The van der Waals surface area contributed by atoms with Gasteiger partial charge < -0.3 is 9.52 Å². The van der Waals surface area contributed by atoms with Gasteiger partial charge in [0.25, 0.3) is 5.69 Å². The number of aromatic hydroxyl groups is 1. The molecule has 0 saturated heterocycles. The second kappa shape index (κ2) is 7.37. The summed E-state index contributed by atoms with van der Waals surface area (Å²) in [6.07, 6.45) is 1.48. The van der Waals surface area contributed by atoms with E-state index in [1.165, 1.54) is 24.4 Å². The third kappa shape index (κ3) is 3.68. The summed E-state index contributed by atoms with van der Waals surface area (Å²) in [6, 6.07) is 14.8. The first-order valence-electron chi connectivity index (χ1n) is 8.60. The van der Waals surface area contributed by atoms with Gasteiger partial charge in [-0.1, -0.05) is 29.8 Å². The fraction of sp³-hybridized carbons (Fsp3) is 0.0476. The zero-order chi connectivity index (χ0) is 20.5. The molecule has 29 heavy (non-hydrogen) atoms. The molecule has 0 spiro atoms. The van der Waals surface area contributed by atoms with Gasteiger partial charge in [0.15, 0.2) is 5.58 Å². The molecule has 0 saturated carbocycles. The van der Waals surface area contributed by atoms with Gasteiger partial charge in [-0.05, 0) is 48.4 Å². The molecule has 7 nitrogen and oxygen atoms in total. The van der Waals surface area contributed by atoms with E-state index in [1.54, 1.807) is 18.2 Å². The number of aryl methyl sites for hydroxylation is 1. The smallest absolute Gasteiger partial charge is 0.288 e. The highest BCUT2D eigenvalue weighted by Crippen LogP contribution is 2.34. The maximum atomic E-state index is 11.0. The average Bonchev–Trinajstić information content (AvgIpc) is 3.13. The van der Waals surface area contributed by atoms with Gasteiger partial charge in [-0.2, -0.15) is 0 Å². The number of fused-ring (bicyclic) bond motifs is 1. The van der Waals surface area contributed by atoms with Crippen LogP contribution in [0.15, 0.2) is 64.0 Å². The van der Waals surface area contributed by atoms with E-state index in [-0.39, 0.29) is 22.4 Å². The highest BCUT2D eigenvalue weighted by atomic mass is 35.5. The Morgan fingerprint density at radius 3 is 2.79 bits per heavy atom. The lowest BCUT2D eigenvalue weighted by molar-refractivity contribution is -0.384. The van der Waals surface area contributed by atoms with Crippen molar-refractivity contribution in [3.63, 3.8) is 0 Å². The second-order valence-corrected chi connectivity index (χ2v) is 6.78. The Morgan fingerprint density at radius 2 is 2.03 bits per heavy atom. The van der Waals surface area contributed by atoms with Crippen LogP contribution in [0.4, 0.5) is 11.4 Å². The summed E-state index contributed by atoms with van der Waals surface area (Å²) in [5, 5.41) is 21.3. The van der Waals surface area contributed by atoms with Crippen molar-refractivity contribution in [2.24, 2.45) is 4.99 Å². The molecule has 0 aliphatic rings. The van der Waals surface area contributed by atoms with Crippen LogP contribution in [0.5, 0.6) is 5.75 Å². The number of oxazole rings is 1. The first-order chi connectivity index (χ1) is 13.9. The van der Waals surface area contributed by atoms with Crippen LogP contribution in [0.1, 0.15) is 11.1 Å². The van der Waals surface area contributed by atoms with Crippen molar-refractivity contribution in [3.8, 4) is 17.2 Å². The Balaban J connectivity index is 1.70. The monoisotopic (exact) mass is 407 g/mol. The molecule has 1 heterocycles. The van der Waals surface area contributed by atoms with E-state index < -0.39 is 4.92 Å². The van der Waals surface area contributed by atoms with Crippen molar-refractivity contribution in [1.82, 2.24) is 4.98 Å². The third-order valence-electron chi connectivity index (χ3n) is 4.36. The normalized spacial score (nSPS) is 11.4. The van der Waals surface area contributed by atoms with E-state index >= 15 is 0 Å². The maximum absolute atomic E-state index is 11.0. The number of nitrogens with zero attached hydrogens (tertiary/aromatic N) is 3. The quantitative estimate of drug-likeness (QED) is 0.261. The van der Waals surface area contributed by atoms with Crippen molar-refractivity contribution in [3.05, 3.63) is 80.9 Å². The molecular formula is C21H14ClN3O4. The minimum atomic E-state index is -0.548. The topological polar surface area (TPSA) is 102 Å².